The first kappa shape index (κ1) is 13.6. The summed E-state index contributed by atoms with van der Waals surface area (Å²) in [5.41, 5.74) is 1.19. The van der Waals surface area contributed by atoms with Crippen molar-refractivity contribution in [1.29, 1.82) is 0 Å². The van der Waals surface area contributed by atoms with Gasteiger partial charge < -0.3 is 15.4 Å². The fourth-order valence-corrected chi connectivity index (χ4v) is 2.41. The van der Waals surface area contributed by atoms with Gasteiger partial charge >= 0.3 is 5.69 Å². The number of ether oxygens (including phenoxy) is 1. The third kappa shape index (κ3) is 3.14. The highest BCUT2D eigenvalue weighted by Gasteiger charge is 2.24. The molecule has 6 heteroatoms. The Morgan fingerprint density at radius 2 is 2.16 bits per heavy atom. The number of benzene rings is 1. The van der Waals surface area contributed by atoms with Crippen LogP contribution in [0.2, 0.25) is 0 Å². The molecule has 1 aliphatic heterocycles. The number of nitro groups is 1. The maximum absolute atomic E-state index is 11.2. The van der Waals surface area contributed by atoms with Crippen molar-refractivity contribution < 1.29 is 9.66 Å². The molecule has 1 fully saturated rings. The zero-order valence-corrected chi connectivity index (χ0v) is 11.2. The van der Waals surface area contributed by atoms with E-state index in [0.29, 0.717) is 18.0 Å². The van der Waals surface area contributed by atoms with Crippen molar-refractivity contribution in [3.8, 4) is 0 Å². The SMILES string of the molecule is CNc1cccc(NC2CCOC(C)C2)c1[N+](=O)[O-]. The van der Waals surface area contributed by atoms with Gasteiger partial charge in [0.2, 0.25) is 0 Å². The number of nitrogens with one attached hydrogen (secondary N) is 2. The summed E-state index contributed by atoms with van der Waals surface area (Å²) >= 11 is 0. The third-order valence-electron chi connectivity index (χ3n) is 3.33. The van der Waals surface area contributed by atoms with E-state index in [0.717, 1.165) is 12.8 Å². The summed E-state index contributed by atoms with van der Waals surface area (Å²) in [6.07, 6.45) is 1.92. The van der Waals surface area contributed by atoms with Gasteiger partial charge in [-0.2, -0.15) is 0 Å². The topological polar surface area (TPSA) is 76.4 Å². The normalized spacial score (nSPS) is 22.8. The van der Waals surface area contributed by atoms with Gasteiger partial charge in [0.05, 0.1) is 11.0 Å². The highest BCUT2D eigenvalue weighted by Crippen LogP contribution is 2.33. The van der Waals surface area contributed by atoms with Crippen LogP contribution in [0.25, 0.3) is 0 Å². The van der Waals surface area contributed by atoms with Gasteiger partial charge in [0, 0.05) is 19.7 Å². The molecule has 1 heterocycles. The molecule has 0 aliphatic carbocycles. The van der Waals surface area contributed by atoms with Crippen molar-refractivity contribution in [2.24, 2.45) is 0 Å². The first-order chi connectivity index (χ1) is 9.11. The second-order valence-electron chi connectivity index (χ2n) is 4.76. The minimum absolute atomic E-state index is 0.101. The summed E-state index contributed by atoms with van der Waals surface area (Å²) < 4.78 is 5.48. The van der Waals surface area contributed by atoms with Crippen LogP contribution < -0.4 is 10.6 Å². The molecule has 1 aliphatic rings. The number of hydrogen-bond acceptors (Lipinski definition) is 5. The van der Waals surface area contributed by atoms with Crippen LogP contribution in [0, 0.1) is 10.1 Å². The van der Waals surface area contributed by atoms with Crippen LogP contribution in [0.1, 0.15) is 19.8 Å². The Labute approximate surface area is 112 Å². The average Bonchev–Trinajstić information content (AvgIpc) is 2.38. The molecular formula is C13H19N3O3. The lowest BCUT2D eigenvalue weighted by Gasteiger charge is -2.28. The van der Waals surface area contributed by atoms with Gasteiger partial charge in [0.1, 0.15) is 11.4 Å². The van der Waals surface area contributed by atoms with E-state index in [4.69, 9.17) is 4.74 Å². The van der Waals surface area contributed by atoms with Crippen molar-refractivity contribution in [2.45, 2.75) is 31.9 Å². The lowest BCUT2D eigenvalue weighted by Crippen LogP contribution is -2.32. The highest BCUT2D eigenvalue weighted by molar-refractivity contribution is 5.76. The summed E-state index contributed by atoms with van der Waals surface area (Å²) in [5.74, 6) is 0. The Bertz CT molecular complexity index is 464. The van der Waals surface area contributed by atoms with Crippen molar-refractivity contribution in [3.63, 3.8) is 0 Å². The molecule has 0 amide bonds. The van der Waals surface area contributed by atoms with Crippen LogP contribution in [0.4, 0.5) is 17.1 Å². The summed E-state index contributed by atoms with van der Waals surface area (Å²) in [6.45, 7) is 2.71. The summed E-state index contributed by atoms with van der Waals surface area (Å²) in [5, 5.41) is 17.3. The number of para-hydroxylation sites is 1. The van der Waals surface area contributed by atoms with Gasteiger partial charge in [-0.3, -0.25) is 10.1 Å². The lowest BCUT2D eigenvalue weighted by atomic mass is 10.0. The summed E-state index contributed by atoms with van der Waals surface area (Å²) in [7, 11) is 1.68. The molecule has 0 bridgehead atoms. The van der Waals surface area contributed by atoms with Crippen LogP contribution in [0.5, 0.6) is 0 Å². The number of nitro benzene ring substituents is 1. The summed E-state index contributed by atoms with van der Waals surface area (Å²) in [4.78, 5) is 10.9. The van der Waals surface area contributed by atoms with Crippen molar-refractivity contribution in [2.75, 3.05) is 24.3 Å². The Kier molecular flexibility index (Phi) is 4.21. The Hall–Kier alpha value is -1.82. The van der Waals surface area contributed by atoms with E-state index in [1.54, 1.807) is 19.2 Å². The van der Waals surface area contributed by atoms with E-state index in [1.165, 1.54) is 0 Å². The molecule has 2 rings (SSSR count). The molecule has 2 atom stereocenters. The molecular weight excluding hydrogens is 246 g/mol. The van der Waals surface area contributed by atoms with Crippen LogP contribution in [-0.4, -0.2) is 30.7 Å². The zero-order valence-electron chi connectivity index (χ0n) is 11.2. The zero-order chi connectivity index (χ0) is 13.8. The standard InChI is InChI=1S/C13H19N3O3/c1-9-8-10(6-7-19-9)15-12-5-3-4-11(14-2)13(12)16(17)18/h3-5,9-10,14-15H,6-8H2,1-2H3. The van der Waals surface area contributed by atoms with Crippen LogP contribution >= 0.6 is 0 Å². The van der Waals surface area contributed by atoms with Crippen molar-refractivity contribution >= 4 is 17.1 Å². The summed E-state index contributed by atoms with van der Waals surface area (Å²) in [6, 6.07) is 5.48. The van der Waals surface area contributed by atoms with Gasteiger partial charge in [-0.05, 0) is 31.9 Å². The fraction of sp³-hybridized carbons (Fsp3) is 0.538. The van der Waals surface area contributed by atoms with Gasteiger partial charge in [-0.1, -0.05) is 6.07 Å². The Balaban J connectivity index is 2.21. The minimum atomic E-state index is -0.350. The average molecular weight is 265 g/mol. The van der Waals surface area contributed by atoms with Gasteiger partial charge in [-0.15, -0.1) is 0 Å². The third-order valence-corrected chi connectivity index (χ3v) is 3.33. The largest absolute Gasteiger partial charge is 0.382 e. The van der Waals surface area contributed by atoms with Gasteiger partial charge in [-0.25, -0.2) is 0 Å². The maximum Gasteiger partial charge on any atom is 0.315 e. The molecule has 1 aromatic rings. The van der Waals surface area contributed by atoms with Crippen LogP contribution in [0.15, 0.2) is 18.2 Å². The molecule has 0 radical (unpaired) electrons. The van der Waals surface area contributed by atoms with E-state index < -0.39 is 0 Å². The van der Waals surface area contributed by atoms with E-state index in [2.05, 4.69) is 10.6 Å². The number of rotatable bonds is 4. The highest BCUT2D eigenvalue weighted by atomic mass is 16.6. The van der Waals surface area contributed by atoms with Crippen molar-refractivity contribution in [3.05, 3.63) is 28.3 Å². The molecule has 0 saturated carbocycles. The van der Waals surface area contributed by atoms with E-state index in [1.807, 2.05) is 13.0 Å². The molecule has 104 valence electrons. The van der Waals surface area contributed by atoms with Crippen LogP contribution in [-0.2, 0) is 4.74 Å². The molecule has 6 nitrogen and oxygen atoms in total. The molecule has 1 saturated heterocycles. The predicted octanol–water partition coefficient (Wildman–Crippen LogP) is 2.62. The Morgan fingerprint density at radius 3 is 2.79 bits per heavy atom. The molecule has 0 aromatic heterocycles. The van der Waals surface area contributed by atoms with Gasteiger partial charge in [0.15, 0.2) is 0 Å². The maximum atomic E-state index is 11.2. The minimum Gasteiger partial charge on any atom is -0.382 e. The lowest BCUT2D eigenvalue weighted by molar-refractivity contribution is -0.383. The molecule has 2 unspecified atom stereocenters. The smallest absolute Gasteiger partial charge is 0.315 e. The molecule has 0 spiro atoms. The van der Waals surface area contributed by atoms with E-state index in [-0.39, 0.29) is 22.8 Å². The van der Waals surface area contributed by atoms with Crippen molar-refractivity contribution in [1.82, 2.24) is 0 Å². The monoisotopic (exact) mass is 265 g/mol. The number of hydrogen-bond donors (Lipinski definition) is 2. The fourth-order valence-electron chi connectivity index (χ4n) is 2.41. The first-order valence-electron chi connectivity index (χ1n) is 6.45. The second-order valence-corrected chi connectivity index (χ2v) is 4.76. The first-order valence-corrected chi connectivity index (χ1v) is 6.45. The molecule has 19 heavy (non-hydrogen) atoms. The predicted molar refractivity (Wildman–Crippen MR) is 74.7 cm³/mol. The van der Waals surface area contributed by atoms with E-state index in [9.17, 15) is 10.1 Å². The van der Waals surface area contributed by atoms with E-state index >= 15 is 0 Å². The molecule has 1 aromatic carbocycles. The molecule has 2 N–H and O–H groups in total. The second kappa shape index (κ2) is 5.88. The van der Waals surface area contributed by atoms with Gasteiger partial charge in [0.25, 0.3) is 0 Å². The number of nitrogens with zero attached hydrogens (tertiary/aromatic N) is 1. The number of anilines is 2. The Morgan fingerprint density at radius 1 is 1.42 bits per heavy atom. The quantitative estimate of drug-likeness (QED) is 0.646. The van der Waals surface area contributed by atoms with Crippen LogP contribution in [0.3, 0.4) is 0 Å².